The molecule has 1 N–H and O–H groups in total. The van der Waals surface area contributed by atoms with E-state index in [0.29, 0.717) is 29.4 Å². The number of ether oxygens (including phenoxy) is 3. The van der Waals surface area contributed by atoms with Crippen molar-refractivity contribution in [1.29, 1.82) is 0 Å². The lowest BCUT2D eigenvalue weighted by atomic mass is 10.2. The molecule has 11 heteroatoms. The second-order valence-electron chi connectivity index (χ2n) is 7.53. The number of thiazole rings is 1. The van der Waals surface area contributed by atoms with Gasteiger partial charge in [-0.25, -0.2) is 9.67 Å². The SMILES string of the molecule is COc1cc(Cn2cc(CNC(=O)c3cn4c(n3)sc3cc(OC)ccc34)nn2)cc(OC)c1. The van der Waals surface area contributed by atoms with Gasteiger partial charge in [-0.15, -0.1) is 5.10 Å². The third-order valence-corrected chi connectivity index (χ3v) is 6.32. The Hall–Kier alpha value is -4.12. The van der Waals surface area contributed by atoms with Crippen LogP contribution in [0.2, 0.25) is 0 Å². The lowest BCUT2D eigenvalue weighted by Crippen LogP contribution is -2.23. The fourth-order valence-corrected chi connectivity index (χ4v) is 4.66. The van der Waals surface area contributed by atoms with Gasteiger partial charge in [-0.3, -0.25) is 9.20 Å². The second kappa shape index (κ2) is 9.02. The Balaban J connectivity index is 1.25. The lowest BCUT2D eigenvalue weighted by molar-refractivity contribution is 0.0946. The molecular weight excluding hydrogens is 456 g/mol. The van der Waals surface area contributed by atoms with E-state index >= 15 is 0 Å². The zero-order chi connectivity index (χ0) is 23.7. The number of nitrogens with zero attached hydrogens (tertiary/aromatic N) is 5. The summed E-state index contributed by atoms with van der Waals surface area (Å²) in [6.45, 7) is 0.729. The first kappa shape index (κ1) is 21.7. The summed E-state index contributed by atoms with van der Waals surface area (Å²) in [7, 11) is 4.85. The predicted molar refractivity (Wildman–Crippen MR) is 127 cm³/mol. The van der Waals surface area contributed by atoms with Gasteiger partial charge in [-0.2, -0.15) is 0 Å². The van der Waals surface area contributed by atoms with E-state index in [1.54, 1.807) is 38.4 Å². The summed E-state index contributed by atoms with van der Waals surface area (Å²) < 4.78 is 20.5. The number of rotatable bonds is 8. The summed E-state index contributed by atoms with van der Waals surface area (Å²) in [4.78, 5) is 17.9. The van der Waals surface area contributed by atoms with E-state index in [1.807, 2.05) is 40.8 Å². The number of amides is 1. The second-order valence-corrected chi connectivity index (χ2v) is 8.53. The Morgan fingerprint density at radius 3 is 2.50 bits per heavy atom. The van der Waals surface area contributed by atoms with Gasteiger partial charge in [0.25, 0.3) is 5.91 Å². The smallest absolute Gasteiger partial charge is 0.271 e. The van der Waals surface area contributed by atoms with Gasteiger partial charge in [-0.1, -0.05) is 16.6 Å². The number of hydrogen-bond donors (Lipinski definition) is 1. The molecule has 2 aromatic carbocycles. The van der Waals surface area contributed by atoms with Crippen LogP contribution in [0.15, 0.2) is 48.8 Å². The van der Waals surface area contributed by atoms with Gasteiger partial charge in [0, 0.05) is 12.3 Å². The quantitative estimate of drug-likeness (QED) is 0.365. The summed E-state index contributed by atoms with van der Waals surface area (Å²) in [5.41, 5.74) is 2.92. The molecular formula is C23H22N6O4S. The van der Waals surface area contributed by atoms with E-state index in [-0.39, 0.29) is 12.5 Å². The van der Waals surface area contributed by atoms with Gasteiger partial charge in [-0.05, 0) is 35.9 Å². The Bertz CT molecular complexity index is 1470. The molecule has 0 aliphatic heterocycles. The first-order valence-electron chi connectivity index (χ1n) is 10.4. The van der Waals surface area contributed by atoms with Crippen molar-refractivity contribution in [3.8, 4) is 17.2 Å². The predicted octanol–water partition coefficient (Wildman–Crippen LogP) is 3.14. The fourth-order valence-electron chi connectivity index (χ4n) is 3.62. The minimum absolute atomic E-state index is 0.239. The number of benzene rings is 2. The Morgan fingerprint density at radius 2 is 1.76 bits per heavy atom. The molecule has 0 spiro atoms. The van der Waals surface area contributed by atoms with Gasteiger partial charge in [0.15, 0.2) is 4.96 Å². The molecule has 0 saturated carbocycles. The maximum absolute atomic E-state index is 12.7. The van der Waals surface area contributed by atoms with E-state index < -0.39 is 0 Å². The molecule has 0 atom stereocenters. The van der Waals surface area contributed by atoms with E-state index in [9.17, 15) is 4.79 Å². The van der Waals surface area contributed by atoms with Crippen LogP contribution in [0, 0.1) is 0 Å². The highest BCUT2D eigenvalue weighted by molar-refractivity contribution is 7.23. The van der Waals surface area contributed by atoms with E-state index in [1.165, 1.54) is 11.3 Å². The van der Waals surface area contributed by atoms with Crippen molar-refractivity contribution in [3.63, 3.8) is 0 Å². The van der Waals surface area contributed by atoms with Gasteiger partial charge in [0.1, 0.15) is 28.6 Å². The maximum atomic E-state index is 12.7. The maximum Gasteiger partial charge on any atom is 0.271 e. The molecule has 0 fully saturated rings. The zero-order valence-electron chi connectivity index (χ0n) is 18.8. The van der Waals surface area contributed by atoms with Crippen LogP contribution in [-0.4, -0.2) is 51.6 Å². The molecule has 10 nitrogen and oxygen atoms in total. The average molecular weight is 479 g/mol. The number of fused-ring (bicyclic) bond motifs is 3. The summed E-state index contributed by atoms with van der Waals surface area (Å²) in [6.07, 6.45) is 3.53. The first-order chi connectivity index (χ1) is 16.6. The lowest BCUT2D eigenvalue weighted by Gasteiger charge is -2.08. The van der Waals surface area contributed by atoms with Crippen molar-refractivity contribution < 1.29 is 19.0 Å². The van der Waals surface area contributed by atoms with E-state index in [4.69, 9.17) is 14.2 Å². The van der Waals surface area contributed by atoms with Gasteiger partial charge in [0.05, 0.1) is 50.8 Å². The molecule has 5 rings (SSSR count). The highest BCUT2D eigenvalue weighted by Gasteiger charge is 2.15. The Morgan fingerprint density at radius 1 is 1.00 bits per heavy atom. The topological polar surface area (TPSA) is 105 Å². The number of nitrogens with one attached hydrogen (secondary N) is 1. The minimum atomic E-state index is -0.273. The average Bonchev–Trinajstić information content (AvgIpc) is 3.56. The minimum Gasteiger partial charge on any atom is -0.497 e. The molecule has 5 aromatic rings. The van der Waals surface area contributed by atoms with Crippen molar-refractivity contribution in [2.24, 2.45) is 0 Å². The standard InChI is InChI=1S/C23H22N6O4S/c1-31-16-4-5-20-21(9-16)34-23-25-19(13-29(20)23)22(30)24-10-15-12-28(27-26-15)11-14-6-17(32-2)8-18(7-14)33-3/h4-9,12-13H,10-11H2,1-3H3,(H,24,30). The largest absolute Gasteiger partial charge is 0.497 e. The summed E-state index contributed by atoms with van der Waals surface area (Å²) in [5.74, 6) is 1.92. The van der Waals surface area contributed by atoms with Gasteiger partial charge in [0.2, 0.25) is 0 Å². The van der Waals surface area contributed by atoms with Crippen molar-refractivity contribution >= 4 is 32.4 Å². The van der Waals surface area contributed by atoms with Crippen LogP contribution in [0.1, 0.15) is 21.7 Å². The van der Waals surface area contributed by atoms with Gasteiger partial charge < -0.3 is 19.5 Å². The van der Waals surface area contributed by atoms with Crippen LogP contribution >= 0.6 is 11.3 Å². The normalized spacial score (nSPS) is 11.1. The van der Waals surface area contributed by atoms with Crippen molar-refractivity contribution in [2.75, 3.05) is 21.3 Å². The molecule has 0 aliphatic carbocycles. The number of methoxy groups -OCH3 is 3. The summed E-state index contributed by atoms with van der Waals surface area (Å²) >= 11 is 1.50. The molecule has 0 saturated heterocycles. The number of carbonyl (C=O) groups excluding carboxylic acids is 1. The number of aromatic nitrogens is 5. The summed E-state index contributed by atoms with van der Waals surface area (Å²) in [6, 6.07) is 11.4. The van der Waals surface area contributed by atoms with Crippen LogP contribution in [0.25, 0.3) is 15.2 Å². The molecule has 0 aliphatic rings. The molecule has 1 amide bonds. The van der Waals surface area contributed by atoms with Crippen molar-refractivity contribution in [3.05, 3.63) is 65.7 Å². The fraction of sp³-hybridized carbons (Fsp3) is 0.217. The molecule has 3 heterocycles. The van der Waals surface area contributed by atoms with Crippen LogP contribution in [0.3, 0.4) is 0 Å². The molecule has 174 valence electrons. The zero-order valence-corrected chi connectivity index (χ0v) is 19.6. The van der Waals surface area contributed by atoms with Gasteiger partial charge >= 0.3 is 0 Å². The van der Waals surface area contributed by atoms with Crippen LogP contribution < -0.4 is 19.5 Å². The molecule has 0 unspecified atom stereocenters. The number of imidazole rings is 1. The van der Waals surface area contributed by atoms with E-state index in [0.717, 1.165) is 26.5 Å². The van der Waals surface area contributed by atoms with Crippen LogP contribution in [0.5, 0.6) is 17.2 Å². The van der Waals surface area contributed by atoms with E-state index in [2.05, 4.69) is 20.6 Å². The van der Waals surface area contributed by atoms with Crippen molar-refractivity contribution in [2.45, 2.75) is 13.1 Å². The van der Waals surface area contributed by atoms with Crippen LogP contribution in [-0.2, 0) is 13.1 Å². The third kappa shape index (κ3) is 4.25. The molecule has 0 radical (unpaired) electrons. The first-order valence-corrected chi connectivity index (χ1v) is 11.2. The molecule has 34 heavy (non-hydrogen) atoms. The summed E-state index contributed by atoms with van der Waals surface area (Å²) in [5, 5.41) is 11.2. The number of carbonyl (C=O) groups is 1. The monoisotopic (exact) mass is 478 g/mol. The van der Waals surface area contributed by atoms with Crippen LogP contribution in [0.4, 0.5) is 0 Å². The highest BCUT2D eigenvalue weighted by atomic mass is 32.1. The number of hydrogen-bond acceptors (Lipinski definition) is 8. The van der Waals surface area contributed by atoms with Crippen molar-refractivity contribution in [1.82, 2.24) is 29.7 Å². The Labute approximate surface area is 198 Å². The third-order valence-electron chi connectivity index (χ3n) is 5.31. The Kier molecular flexibility index (Phi) is 5.76. The highest BCUT2D eigenvalue weighted by Crippen LogP contribution is 2.29. The molecule has 3 aromatic heterocycles. The molecule has 0 bridgehead atoms.